The van der Waals surface area contributed by atoms with Crippen molar-refractivity contribution in [2.24, 2.45) is 5.92 Å². The monoisotopic (exact) mass is 530 g/mol. The molecule has 1 saturated heterocycles. The molecule has 0 radical (unpaired) electrons. The summed E-state index contributed by atoms with van der Waals surface area (Å²) in [5.74, 6) is 1.08. The lowest BCUT2D eigenvalue weighted by Gasteiger charge is -2.31. The zero-order valence-electron chi connectivity index (χ0n) is 23.0. The molecule has 0 unspecified atom stereocenters. The molecule has 0 bridgehead atoms. The Morgan fingerprint density at radius 2 is 1.54 bits per heavy atom. The van der Waals surface area contributed by atoms with Crippen molar-refractivity contribution < 1.29 is 23.8 Å². The first-order valence-electron chi connectivity index (χ1n) is 13.5. The van der Waals surface area contributed by atoms with E-state index in [0.717, 1.165) is 35.3 Å². The molecule has 1 aliphatic rings. The van der Waals surface area contributed by atoms with Gasteiger partial charge in [0.15, 0.2) is 0 Å². The number of nitrogens with zero attached hydrogens (tertiary/aromatic N) is 1. The van der Waals surface area contributed by atoms with Gasteiger partial charge in [-0.2, -0.15) is 0 Å². The van der Waals surface area contributed by atoms with Crippen LogP contribution in [0.5, 0.6) is 5.75 Å². The van der Waals surface area contributed by atoms with Crippen molar-refractivity contribution in [1.82, 2.24) is 10.2 Å². The third kappa shape index (κ3) is 8.77. The fraction of sp³-hybridized carbons (Fsp3) is 0.375. The molecule has 1 N–H and O–H groups in total. The molecule has 2 amide bonds. The van der Waals surface area contributed by atoms with Crippen molar-refractivity contribution in [3.05, 3.63) is 102 Å². The molecule has 1 heterocycles. The average Bonchev–Trinajstić information content (AvgIpc) is 2.94. The molecule has 39 heavy (non-hydrogen) atoms. The number of carbonyl (C=O) groups excluding carboxylic acids is 2. The molecule has 0 saturated carbocycles. The molecule has 3 aromatic carbocycles. The SMILES string of the molecule is CC(C)(C)OC(=O)N[C@@H](c1ccccc1)c1cccc(OCC2CCN(C(=O)OCc3ccccc3)CC2)c1. The highest BCUT2D eigenvalue weighted by Crippen LogP contribution is 2.27. The van der Waals surface area contributed by atoms with Gasteiger partial charge in [-0.1, -0.05) is 72.8 Å². The number of carbonyl (C=O) groups is 2. The Kier molecular flexibility index (Phi) is 9.47. The summed E-state index contributed by atoms with van der Waals surface area (Å²) in [6.07, 6.45) is 0.965. The summed E-state index contributed by atoms with van der Waals surface area (Å²) in [5, 5.41) is 3.01. The normalized spacial score (nSPS) is 14.8. The molecular weight excluding hydrogens is 492 g/mol. The standard InChI is InChI=1S/C32H38N2O5/c1-32(2,3)39-30(35)33-29(26-13-8-5-9-14-26)27-15-10-16-28(21-27)37-22-25-17-19-34(20-18-25)31(36)38-23-24-11-6-4-7-12-24/h4-16,21,25,29H,17-20,22-23H2,1-3H3,(H,33,35)/t29-/m0/s1. The topological polar surface area (TPSA) is 77.1 Å². The molecule has 0 aromatic heterocycles. The molecule has 1 aliphatic heterocycles. The summed E-state index contributed by atoms with van der Waals surface area (Å²) in [4.78, 5) is 26.9. The number of benzene rings is 3. The number of piperidine rings is 1. The van der Waals surface area contributed by atoms with E-state index in [2.05, 4.69) is 5.32 Å². The molecule has 1 atom stereocenters. The molecule has 1 fully saturated rings. The fourth-order valence-electron chi connectivity index (χ4n) is 4.52. The van der Waals surface area contributed by atoms with Crippen molar-refractivity contribution in [2.45, 2.75) is 51.9 Å². The van der Waals surface area contributed by atoms with Gasteiger partial charge in [-0.25, -0.2) is 9.59 Å². The zero-order valence-corrected chi connectivity index (χ0v) is 23.0. The highest BCUT2D eigenvalue weighted by molar-refractivity contribution is 5.69. The van der Waals surface area contributed by atoms with Crippen LogP contribution >= 0.6 is 0 Å². The lowest BCUT2D eigenvalue weighted by molar-refractivity contribution is 0.0512. The second-order valence-electron chi connectivity index (χ2n) is 10.8. The van der Waals surface area contributed by atoms with Crippen LogP contribution in [0.25, 0.3) is 0 Å². The maximum Gasteiger partial charge on any atom is 0.410 e. The number of likely N-dealkylation sites (tertiary alicyclic amines) is 1. The third-order valence-corrected chi connectivity index (χ3v) is 6.55. The van der Waals surface area contributed by atoms with E-state index in [9.17, 15) is 9.59 Å². The minimum atomic E-state index is -0.593. The van der Waals surface area contributed by atoms with Crippen molar-refractivity contribution in [2.75, 3.05) is 19.7 Å². The molecule has 4 rings (SSSR count). The Morgan fingerprint density at radius 1 is 0.897 bits per heavy atom. The van der Waals surface area contributed by atoms with E-state index < -0.39 is 11.7 Å². The lowest BCUT2D eigenvalue weighted by Crippen LogP contribution is -2.40. The number of nitrogens with one attached hydrogen (secondary N) is 1. The van der Waals surface area contributed by atoms with Crippen LogP contribution in [-0.4, -0.2) is 42.4 Å². The van der Waals surface area contributed by atoms with Crippen LogP contribution in [0.2, 0.25) is 0 Å². The van der Waals surface area contributed by atoms with Crippen LogP contribution < -0.4 is 10.1 Å². The molecular formula is C32H38N2O5. The van der Waals surface area contributed by atoms with Crippen LogP contribution in [0.3, 0.4) is 0 Å². The van der Waals surface area contributed by atoms with Gasteiger partial charge in [0.2, 0.25) is 0 Å². The minimum Gasteiger partial charge on any atom is -0.493 e. The Hall–Kier alpha value is -4.00. The van der Waals surface area contributed by atoms with Crippen molar-refractivity contribution >= 4 is 12.2 Å². The van der Waals surface area contributed by atoms with E-state index in [0.29, 0.717) is 25.6 Å². The maximum atomic E-state index is 12.6. The second kappa shape index (κ2) is 13.2. The number of hydrogen-bond donors (Lipinski definition) is 1. The van der Waals surface area contributed by atoms with E-state index in [1.807, 2.05) is 106 Å². The summed E-state index contributed by atoms with van der Waals surface area (Å²) in [6, 6.07) is 26.9. The third-order valence-electron chi connectivity index (χ3n) is 6.55. The summed E-state index contributed by atoms with van der Waals surface area (Å²) in [5.41, 5.74) is 2.24. The average molecular weight is 531 g/mol. The summed E-state index contributed by atoms with van der Waals surface area (Å²) in [6.45, 7) is 7.68. The predicted octanol–water partition coefficient (Wildman–Crippen LogP) is 6.73. The van der Waals surface area contributed by atoms with Gasteiger partial charge in [-0.3, -0.25) is 0 Å². The van der Waals surface area contributed by atoms with Gasteiger partial charge in [0.1, 0.15) is 18.0 Å². The Balaban J connectivity index is 1.31. The Labute approximate surface area is 231 Å². The molecule has 7 heteroatoms. The van der Waals surface area contributed by atoms with Crippen LogP contribution in [0.1, 0.15) is 56.3 Å². The Bertz CT molecular complexity index is 1200. The van der Waals surface area contributed by atoms with Gasteiger partial charge in [-0.05, 0) is 68.4 Å². The van der Waals surface area contributed by atoms with E-state index in [1.165, 1.54) is 0 Å². The highest BCUT2D eigenvalue weighted by Gasteiger charge is 2.25. The first kappa shape index (κ1) is 28.0. The first-order valence-corrected chi connectivity index (χ1v) is 13.5. The van der Waals surface area contributed by atoms with Gasteiger partial charge >= 0.3 is 12.2 Å². The van der Waals surface area contributed by atoms with Crippen LogP contribution in [0, 0.1) is 5.92 Å². The number of amides is 2. The van der Waals surface area contributed by atoms with Gasteiger partial charge in [0.25, 0.3) is 0 Å². The summed E-state index contributed by atoms with van der Waals surface area (Å²) >= 11 is 0. The van der Waals surface area contributed by atoms with E-state index in [1.54, 1.807) is 4.90 Å². The number of alkyl carbamates (subject to hydrolysis) is 1. The lowest BCUT2D eigenvalue weighted by atomic mass is 9.97. The molecule has 0 spiro atoms. The molecule has 0 aliphatic carbocycles. The van der Waals surface area contributed by atoms with E-state index >= 15 is 0 Å². The second-order valence-corrected chi connectivity index (χ2v) is 10.8. The minimum absolute atomic E-state index is 0.268. The maximum absolute atomic E-state index is 12.6. The largest absolute Gasteiger partial charge is 0.493 e. The molecule has 7 nitrogen and oxygen atoms in total. The van der Waals surface area contributed by atoms with Crippen molar-refractivity contribution in [3.8, 4) is 5.75 Å². The van der Waals surface area contributed by atoms with Gasteiger partial charge in [0.05, 0.1) is 12.6 Å². The first-order chi connectivity index (χ1) is 18.8. The molecule has 206 valence electrons. The van der Waals surface area contributed by atoms with Gasteiger partial charge in [0, 0.05) is 13.1 Å². The van der Waals surface area contributed by atoms with Crippen LogP contribution in [0.4, 0.5) is 9.59 Å². The Morgan fingerprint density at radius 3 is 2.21 bits per heavy atom. The smallest absolute Gasteiger partial charge is 0.410 e. The van der Waals surface area contributed by atoms with Gasteiger partial charge in [-0.15, -0.1) is 0 Å². The van der Waals surface area contributed by atoms with Crippen molar-refractivity contribution in [3.63, 3.8) is 0 Å². The van der Waals surface area contributed by atoms with Crippen molar-refractivity contribution in [1.29, 1.82) is 0 Å². The molecule has 3 aromatic rings. The van der Waals surface area contributed by atoms with E-state index in [-0.39, 0.29) is 18.7 Å². The highest BCUT2D eigenvalue weighted by atomic mass is 16.6. The van der Waals surface area contributed by atoms with Gasteiger partial charge < -0.3 is 24.4 Å². The quantitative estimate of drug-likeness (QED) is 0.350. The number of ether oxygens (including phenoxy) is 3. The number of rotatable bonds is 8. The number of hydrogen-bond acceptors (Lipinski definition) is 5. The van der Waals surface area contributed by atoms with E-state index in [4.69, 9.17) is 14.2 Å². The predicted molar refractivity (Wildman–Crippen MR) is 151 cm³/mol. The summed E-state index contributed by atoms with van der Waals surface area (Å²) in [7, 11) is 0. The zero-order chi connectivity index (χ0) is 27.7. The fourth-order valence-corrected chi connectivity index (χ4v) is 4.52. The van der Waals surface area contributed by atoms with Crippen LogP contribution in [0.15, 0.2) is 84.9 Å². The summed E-state index contributed by atoms with van der Waals surface area (Å²) < 4.78 is 17.2. The van der Waals surface area contributed by atoms with Crippen LogP contribution in [-0.2, 0) is 16.1 Å².